The highest BCUT2D eigenvalue weighted by Gasteiger charge is 2.13. The largest absolute Gasteiger partial charge is 0.397 e. The number of pyridine rings is 1. The number of nitrogens with one attached hydrogen (secondary N) is 1. The Morgan fingerprint density at radius 3 is 2.94 bits per heavy atom. The summed E-state index contributed by atoms with van der Waals surface area (Å²) < 4.78 is 0. The van der Waals surface area contributed by atoms with Crippen LogP contribution in [0.25, 0.3) is 0 Å². The van der Waals surface area contributed by atoms with Crippen LogP contribution >= 0.6 is 11.3 Å². The number of carbonyl (C=O) groups excluding carboxylic acids is 1. The zero-order valence-corrected chi connectivity index (χ0v) is 11.0. The van der Waals surface area contributed by atoms with Crippen molar-refractivity contribution in [2.45, 2.75) is 20.3 Å². The molecule has 2 aromatic heterocycles. The summed E-state index contributed by atoms with van der Waals surface area (Å²) in [5, 5.41) is 3.36. The number of hydrogen-bond acceptors (Lipinski definition) is 5. The standard InChI is InChI=1S/C12H14N4OS/c1-3-10-7(2)18-12(15-10)16-11(17)8-4-5-14-6-9(8)13/h4-6H,3,13H2,1-2H3,(H,15,16,17). The molecule has 0 atom stereocenters. The average molecular weight is 262 g/mol. The number of anilines is 2. The van der Waals surface area contributed by atoms with Crippen molar-refractivity contribution in [1.29, 1.82) is 0 Å². The molecule has 0 aliphatic rings. The number of hydrogen-bond donors (Lipinski definition) is 2. The summed E-state index contributed by atoms with van der Waals surface area (Å²) >= 11 is 1.47. The van der Waals surface area contributed by atoms with E-state index in [2.05, 4.69) is 15.3 Å². The first-order chi connectivity index (χ1) is 8.61. The lowest BCUT2D eigenvalue weighted by atomic mass is 10.2. The van der Waals surface area contributed by atoms with E-state index < -0.39 is 0 Å². The van der Waals surface area contributed by atoms with Crippen molar-refractivity contribution in [3.05, 3.63) is 34.6 Å². The Balaban J connectivity index is 2.19. The number of aryl methyl sites for hydroxylation is 2. The molecule has 0 aliphatic heterocycles. The van der Waals surface area contributed by atoms with Gasteiger partial charge in [0, 0.05) is 11.1 Å². The van der Waals surface area contributed by atoms with Gasteiger partial charge in [-0.2, -0.15) is 0 Å². The molecular formula is C12H14N4OS. The van der Waals surface area contributed by atoms with Gasteiger partial charge in [-0.15, -0.1) is 11.3 Å². The molecular weight excluding hydrogens is 248 g/mol. The molecule has 0 aliphatic carbocycles. The highest BCUT2D eigenvalue weighted by Crippen LogP contribution is 2.23. The molecule has 6 heteroatoms. The zero-order valence-electron chi connectivity index (χ0n) is 10.2. The van der Waals surface area contributed by atoms with Crippen molar-refractivity contribution < 1.29 is 4.79 Å². The number of thiazole rings is 1. The van der Waals surface area contributed by atoms with E-state index in [0.29, 0.717) is 16.4 Å². The first-order valence-electron chi connectivity index (χ1n) is 5.59. The summed E-state index contributed by atoms with van der Waals surface area (Å²) in [6.45, 7) is 4.03. The predicted molar refractivity (Wildman–Crippen MR) is 72.8 cm³/mol. The molecule has 0 spiro atoms. The third kappa shape index (κ3) is 2.48. The fourth-order valence-electron chi connectivity index (χ4n) is 1.59. The lowest BCUT2D eigenvalue weighted by molar-refractivity contribution is 0.102. The molecule has 0 bridgehead atoms. The second-order valence-electron chi connectivity index (χ2n) is 3.79. The number of rotatable bonds is 3. The van der Waals surface area contributed by atoms with Gasteiger partial charge in [0.25, 0.3) is 5.91 Å². The Morgan fingerprint density at radius 1 is 1.56 bits per heavy atom. The van der Waals surface area contributed by atoms with E-state index in [-0.39, 0.29) is 5.91 Å². The molecule has 3 N–H and O–H groups in total. The monoisotopic (exact) mass is 262 g/mol. The molecule has 2 heterocycles. The number of carbonyl (C=O) groups is 1. The minimum absolute atomic E-state index is 0.258. The van der Waals surface area contributed by atoms with Crippen LogP contribution in [0.3, 0.4) is 0 Å². The predicted octanol–water partition coefficient (Wildman–Crippen LogP) is 2.24. The molecule has 2 rings (SSSR count). The van der Waals surface area contributed by atoms with Crippen molar-refractivity contribution in [3.63, 3.8) is 0 Å². The van der Waals surface area contributed by atoms with Gasteiger partial charge in [0.05, 0.1) is 23.1 Å². The van der Waals surface area contributed by atoms with Gasteiger partial charge in [-0.25, -0.2) is 4.98 Å². The highest BCUT2D eigenvalue weighted by molar-refractivity contribution is 7.15. The third-order valence-corrected chi connectivity index (χ3v) is 3.47. The SMILES string of the molecule is CCc1nc(NC(=O)c2ccncc2N)sc1C. The molecule has 1 amide bonds. The Kier molecular flexibility index (Phi) is 3.57. The van der Waals surface area contributed by atoms with Gasteiger partial charge in [-0.3, -0.25) is 15.1 Å². The molecule has 2 aromatic rings. The fourth-order valence-corrected chi connectivity index (χ4v) is 2.48. The van der Waals surface area contributed by atoms with Gasteiger partial charge in [0.15, 0.2) is 5.13 Å². The second kappa shape index (κ2) is 5.14. The van der Waals surface area contributed by atoms with Crippen LogP contribution in [0.1, 0.15) is 27.9 Å². The minimum atomic E-state index is -0.258. The van der Waals surface area contributed by atoms with Crippen molar-refractivity contribution in [1.82, 2.24) is 9.97 Å². The summed E-state index contributed by atoms with van der Waals surface area (Å²) in [4.78, 5) is 21.3. The van der Waals surface area contributed by atoms with Crippen LogP contribution in [0.15, 0.2) is 18.5 Å². The normalized spacial score (nSPS) is 10.3. The van der Waals surface area contributed by atoms with Crippen molar-refractivity contribution >= 4 is 28.1 Å². The Labute approximate surface area is 109 Å². The van der Waals surface area contributed by atoms with E-state index in [0.717, 1.165) is 17.0 Å². The maximum absolute atomic E-state index is 12.0. The van der Waals surface area contributed by atoms with Crippen LogP contribution in [-0.4, -0.2) is 15.9 Å². The van der Waals surface area contributed by atoms with Gasteiger partial charge < -0.3 is 5.73 Å². The molecule has 94 valence electrons. The molecule has 0 unspecified atom stereocenters. The smallest absolute Gasteiger partial charge is 0.259 e. The van der Waals surface area contributed by atoms with E-state index >= 15 is 0 Å². The highest BCUT2D eigenvalue weighted by atomic mass is 32.1. The molecule has 0 fully saturated rings. The van der Waals surface area contributed by atoms with Gasteiger partial charge >= 0.3 is 0 Å². The van der Waals surface area contributed by atoms with Gasteiger partial charge in [0.1, 0.15) is 0 Å². The Morgan fingerprint density at radius 2 is 2.33 bits per heavy atom. The van der Waals surface area contributed by atoms with Crippen LogP contribution in [-0.2, 0) is 6.42 Å². The number of aromatic nitrogens is 2. The maximum Gasteiger partial charge on any atom is 0.259 e. The van der Waals surface area contributed by atoms with Gasteiger partial charge in [0.2, 0.25) is 0 Å². The lowest BCUT2D eigenvalue weighted by Crippen LogP contribution is -2.14. The Bertz CT molecular complexity index is 579. The van der Waals surface area contributed by atoms with Crippen molar-refractivity contribution in [3.8, 4) is 0 Å². The number of amides is 1. The van der Waals surface area contributed by atoms with Crippen LogP contribution in [0, 0.1) is 6.92 Å². The van der Waals surface area contributed by atoms with Crippen LogP contribution in [0.5, 0.6) is 0 Å². The van der Waals surface area contributed by atoms with Crippen LogP contribution in [0.4, 0.5) is 10.8 Å². The van der Waals surface area contributed by atoms with Gasteiger partial charge in [-0.05, 0) is 19.4 Å². The molecule has 0 saturated carbocycles. The quantitative estimate of drug-likeness (QED) is 0.889. The fraction of sp³-hybridized carbons (Fsp3) is 0.250. The summed E-state index contributed by atoms with van der Waals surface area (Å²) in [6, 6.07) is 1.59. The maximum atomic E-state index is 12.0. The van der Waals surface area contributed by atoms with Crippen LogP contribution in [0.2, 0.25) is 0 Å². The summed E-state index contributed by atoms with van der Waals surface area (Å²) in [5.74, 6) is -0.258. The van der Waals surface area contributed by atoms with E-state index in [4.69, 9.17) is 5.73 Å². The lowest BCUT2D eigenvalue weighted by Gasteiger charge is -2.03. The summed E-state index contributed by atoms with van der Waals surface area (Å²) in [6.07, 6.45) is 3.85. The summed E-state index contributed by atoms with van der Waals surface area (Å²) in [7, 11) is 0. The molecule has 5 nitrogen and oxygen atoms in total. The molecule has 0 saturated heterocycles. The first kappa shape index (κ1) is 12.5. The number of nitrogens with zero attached hydrogens (tertiary/aromatic N) is 2. The van der Waals surface area contributed by atoms with Crippen molar-refractivity contribution in [2.24, 2.45) is 0 Å². The molecule has 18 heavy (non-hydrogen) atoms. The number of nitrogens with two attached hydrogens (primary N) is 1. The minimum Gasteiger partial charge on any atom is -0.397 e. The average Bonchev–Trinajstić information content (AvgIpc) is 2.69. The number of nitrogen functional groups attached to an aromatic ring is 1. The van der Waals surface area contributed by atoms with Crippen LogP contribution < -0.4 is 11.1 Å². The first-order valence-corrected chi connectivity index (χ1v) is 6.40. The van der Waals surface area contributed by atoms with E-state index in [1.165, 1.54) is 23.7 Å². The molecule has 0 radical (unpaired) electrons. The van der Waals surface area contributed by atoms with E-state index in [1.54, 1.807) is 6.07 Å². The topological polar surface area (TPSA) is 80.9 Å². The second-order valence-corrected chi connectivity index (χ2v) is 5.00. The Hall–Kier alpha value is -1.95. The summed E-state index contributed by atoms with van der Waals surface area (Å²) in [5.41, 5.74) is 7.48. The van der Waals surface area contributed by atoms with Crippen molar-refractivity contribution in [2.75, 3.05) is 11.1 Å². The third-order valence-electron chi connectivity index (χ3n) is 2.54. The van der Waals surface area contributed by atoms with E-state index in [9.17, 15) is 4.79 Å². The van der Waals surface area contributed by atoms with E-state index in [1.807, 2.05) is 13.8 Å². The van der Waals surface area contributed by atoms with Gasteiger partial charge in [-0.1, -0.05) is 6.92 Å². The zero-order chi connectivity index (χ0) is 13.1. The molecule has 0 aromatic carbocycles.